The van der Waals surface area contributed by atoms with Crippen LogP contribution in [0.4, 0.5) is 29.3 Å². The van der Waals surface area contributed by atoms with Crippen molar-refractivity contribution in [1.29, 1.82) is 0 Å². The summed E-state index contributed by atoms with van der Waals surface area (Å²) in [5.41, 5.74) is -1.47. The Bertz CT molecular complexity index is 779. The van der Waals surface area contributed by atoms with Gasteiger partial charge in [-0.15, -0.1) is 0 Å². The zero-order valence-electron chi connectivity index (χ0n) is 11.6. The van der Waals surface area contributed by atoms with Crippen molar-refractivity contribution in [1.82, 2.24) is 0 Å². The van der Waals surface area contributed by atoms with Gasteiger partial charge in [0.1, 0.15) is 5.75 Å². The van der Waals surface area contributed by atoms with E-state index in [2.05, 4.69) is 5.32 Å². The van der Waals surface area contributed by atoms with Crippen LogP contribution in [0.25, 0.3) is 0 Å². The molecule has 0 radical (unpaired) electrons. The summed E-state index contributed by atoms with van der Waals surface area (Å²) in [7, 11) is 0. The molecule has 0 aliphatic heterocycles. The molecule has 24 heavy (non-hydrogen) atoms. The molecule has 0 aliphatic carbocycles. The van der Waals surface area contributed by atoms with E-state index in [1.807, 2.05) is 0 Å². The molecule has 1 N–H and O–H groups in total. The Hall–Kier alpha value is -2.81. The molecule has 0 saturated heterocycles. The zero-order chi connectivity index (χ0) is 17.9. The van der Waals surface area contributed by atoms with Crippen molar-refractivity contribution in [2.24, 2.45) is 0 Å². The third-order valence-electron chi connectivity index (χ3n) is 2.78. The number of non-ortho nitro benzene ring substituents is 1. The number of benzene rings is 2. The van der Waals surface area contributed by atoms with Gasteiger partial charge in [-0.1, -0.05) is 11.6 Å². The quantitative estimate of drug-likeness (QED) is 0.625. The lowest BCUT2D eigenvalue weighted by atomic mass is 10.2. The Morgan fingerprint density at radius 1 is 1.17 bits per heavy atom. The number of alkyl halides is 3. The molecule has 1 amide bonds. The maximum absolute atomic E-state index is 12.7. The average Bonchev–Trinajstić information content (AvgIpc) is 2.48. The lowest BCUT2D eigenvalue weighted by Crippen LogP contribution is -2.17. The third-order valence-corrected chi connectivity index (χ3v) is 3.11. The largest absolute Gasteiger partial charge is 0.417 e. The van der Waals surface area contributed by atoms with Gasteiger partial charge in [0.15, 0.2) is 0 Å². The van der Waals surface area contributed by atoms with Crippen LogP contribution in [0.3, 0.4) is 0 Å². The number of hydrogen-bond donors (Lipinski definition) is 1. The lowest BCUT2D eigenvalue weighted by molar-refractivity contribution is -0.384. The number of anilines is 1. The molecular weight excluding hydrogens is 353 g/mol. The van der Waals surface area contributed by atoms with Crippen molar-refractivity contribution >= 4 is 29.1 Å². The van der Waals surface area contributed by atoms with E-state index in [0.717, 1.165) is 18.2 Å². The van der Waals surface area contributed by atoms with Gasteiger partial charge in [-0.05, 0) is 30.3 Å². The summed E-state index contributed by atoms with van der Waals surface area (Å²) in [6.45, 7) is 0. The molecule has 6 nitrogen and oxygen atoms in total. The second-order valence-corrected chi connectivity index (χ2v) is 4.87. The lowest BCUT2D eigenvalue weighted by Gasteiger charge is -2.11. The van der Waals surface area contributed by atoms with Crippen molar-refractivity contribution in [3.8, 4) is 5.75 Å². The fraction of sp³-hybridized carbons (Fsp3) is 0.0714. The van der Waals surface area contributed by atoms with Crippen LogP contribution >= 0.6 is 11.6 Å². The van der Waals surface area contributed by atoms with Gasteiger partial charge in [-0.25, -0.2) is 4.79 Å². The summed E-state index contributed by atoms with van der Waals surface area (Å²) in [6.07, 6.45) is -5.73. The molecule has 0 unspecified atom stereocenters. The molecule has 2 aromatic rings. The number of nitro benzene ring substituents is 1. The molecular formula is C14H8ClF3N2O4. The number of hydrogen-bond acceptors (Lipinski definition) is 4. The van der Waals surface area contributed by atoms with Crippen LogP contribution < -0.4 is 10.1 Å². The monoisotopic (exact) mass is 360 g/mol. The summed E-state index contributed by atoms with van der Waals surface area (Å²) in [4.78, 5) is 21.5. The van der Waals surface area contributed by atoms with Crippen molar-refractivity contribution in [2.75, 3.05) is 5.32 Å². The minimum absolute atomic E-state index is 0.0110. The summed E-state index contributed by atoms with van der Waals surface area (Å²) >= 11 is 5.47. The second-order valence-electron chi connectivity index (χ2n) is 4.46. The van der Waals surface area contributed by atoms with Crippen molar-refractivity contribution in [3.05, 3.63) is 63.2 Å². The molecule has 0 saturated carbocycles. The van der Waals surface area contributed by atoms with Crippen LogP contribution in [-0.2, 0) is 6.18 Å². The Morgan fingerprint density at radius 3 is 2.33 bits per heavy atom. The van der Waals surface area contributed by atoms with Gasteiger partial charge in [0.25, 0.3) is 5.69 Å². The minimum Gasteiger partial charge on any atom is -0.410 e. The Morgan fingerprint density at radius 2 is 1.79 bits per heavy atom. The van der Waals surface area contributed by atoms with Crippen LogP contribution in [0, 0.1) is 10.1 Å². The van der Waals surface area contributed by atoms with Gasteiger partial charge < -0.3 is 4.74 Å². The number of carbonyl (C=O) groups excluding carboxylic acids is 1. The number of nitrogens with zero attached hydrogens (tertiary/aromatic N) is 1. The summed E-state index contributed by atoms with van der Waals surface area (Å²) in [5.74, 6) is -0.0110. The molecule has 0 fully saturated rings. The standard InChI is InChI=1S/C14H8ClF3N2O4/c15-12-6-1-8(7-11(12)14(16,17)18)19-13(21)24-10-4-2-9(3-5-10)20(22)23/h1-7H,(H,19,21). The number of nitro groups is 1. The number of halogens is 4. The SMILES string of the molecule is O=C(Nc1ccc(Cl)c(C(F)(F)F)c1)Oc1ccc([N+](=O)[O-])cc1. The first kappa shape index (κ1) is 17.5. The van der Waals surface area contributed by atoms with E-state index in [1.54, 1.807) is 0 Å². The first-order chi connectivity index (χ1) is 11.2. The van der Waals surface area contributed by atoms with E-state index in [1.165, 1.54) is 18.2 Å². The molecule has 0 heterocycles. The van der Waals surface area contributed by atoms with E-state index >= 15 is 0 Å². The van der Waals surface area contributed by atoms with Crippen LogP contribution in [0.15, 0.2) is 42.5 Å². The summed E-state index contributed by atoms with van der Waals surface area (Å²) in [6, 6.07) is 7.43. The van der Waals surface area contributed by atoms with Crippen molar-refractivity contribution in [3.63, 3.8) is 0 Å². The Balaban J connectivity index is 2.08. The number of carbonyl (C=O) groups is 1. The topological polar surface area (TPSA) is 81.5 Å². The minimum atomic E-state index is -4.67. The highest BCUT2D eigenvalue weighted by Gasteiger charge is 2.33. The van der Waals surface area contributed by atoms with E-state index in [-0.39, 0.29) is 17.1 Å². The number of rotatable bonds is 3. The predicted molar refractivity (Wildman–Crippen MR) is 79.2 cm³/mol. The van der Waals surface area contributed by atoms with Gasteiger partial charge in [-0.2, -0.15) is 13.2 Å². The van der Waals surface area contributed by atoms with E-state index < -0.39 is 27.8 Å². The van der Waals surface area contributed by atoms with Gasteiger partial charge >= 0.3 is 12.3 Å². The number of amides is 1. The van der Waals surface area contributed by atoms with E-state index in [9.17, 15) is 28.1 Å². The Kier molecular flexibility index (Phi) is 4.93. The van der Waals surface area contributed by atoms with Gasteiger partial charge in [-0.3, -0.25) is 15.4 Å². The number of nitrogens with one attached hydrogen (secondary N) is 1. The summed E-state index contributed by atoms with van der Waals surface area (Å²) in [5, 5.41) is 12.1. The van der Waals surface area contributed by atoms with Crippen LogP contribution in [0.2, 0.25) is 5.02 Å². The summed E-state index contributed by atoms with van der Waals surface area (Å²) < 4.78 is 43.0. The Labute approximate surface area is 137 Å². The van der Waals surface area contributed by atoms with Crippen LogP contribution in [-0.4, -0.2) is 11.0 Å². The molecule has 0 bridgehead atoms. The van der Waals surface area contributed by atoms with Crippen molar-refractivity contribution in [2.45, 2.75) is 6.18 Å². The fourth-order valence-electron chi connectivity index (χ4n) is 1.71. The maximum Gasteiger partial charge on any atom is 0.417 e. The van der Waals surface area contributed by atoms with E-state index in [0.29, 0.717) is 6.07 Å². The smallest absolute Gasteiger partial charge is 0.410 e. The highest BCUT2D eigenvalue weighted by molar-refractivity contribution is 6.31. The molecule has 0 aliphatic rings. The normalized spacial score (nSPS) is 11.0. The third kappa shape index (κ3) is 4.35. The molecule has 0 atom stereocenters. The molecule has 0 aromatic heterocycles. The highest BCUT2D eigenvalue weighted by Crippen LogP contribution is 2.36. The first-order valence-corrected chi connectivity index (χ1v) is 6.64. The molecule has 2 rings (SSSR count). The van der Waals surface area contributed by atoms with E-state index in [4.69, 9.17) is 16.3 Å². The molecule has 10 heteroatoms. The second kappa shape index (κ2) is 6.75. The maximum atomic E-state index is 12.7. The average molecular weight is 361 g/mol. The molecule has 0 spiro atoms. The highest BCUT2D eigenvalue weighted by atomic mass is 35.5. The molecule has 2 aromatic carbocycles. The van der Waals surface area contributed by atoms with Crippen LogP contribution in [0.5, 0.6) is 5.75 Å². The fourth-order valence-corrected chi connectivity index (χ4v) is 1.93. The predicted octanol–water partition coefficient (Wildman–Crippen LogP) is 4.88. The number of ether oxygens (including phenoxy) is 1. The van der Waals surface area contributed by atoms with Gasteiger partial charge in [0.05, 0.1) is 15.5 Å². The van der Waals surface area contributed by atoms with Gasteiger partial charge in [0.2, 0.25) is 0 Å². The van der Waals surface area contributed by atoms with Gasteiger partial charge in [0, 0.05) is 17.8 Å². The zero-order valence-corrected chi connectivity index (χ0v) is 12.4. The van der Waals surface area contributed by atoms with Crippen molar-refractivity contribution < 1.29 is 27.6 Å². The molecule has 126 valence electrons. The first-order valence-electron chi connectivity index (χ1n) is 6.27. The van der Waals surface area contributed by atoms with Crippen LogP contribution in [0.1, 0.15) is 5.56 Å².